The number of carboxylic acids is 1. The molecule has 0 heterocycles. The number of hydrogen-bond acceptors (Lipinski definition) is 5. The third-order valence-electron chi connectivity index (χ3n) is 4.56. The maximum absolute atomic E-state index is 12.9. The Kier molecular flexibility index (Phi) is 3.94. The van der Waals surface area contributed by atoms with Gasteiger partial charge in [0.15, 0.2) is 5.78 Å². The number of anilines is 1. The number of fused-ring (bicyclic) bond motifs is 2. The zero-order valence-electron chi connectivity index (χ0n) is 13.7. The van der Waals surface area contributed by atoms with Gasteiger partial charge in [0.2, 0.25) is 0 Å². The van der Waals surface area contributed by atoms with Crippen LogP contribution in [0.2, 0.25) is 0 Å². The van der Waals surface area contributed by atoms with Crippen molar-refractivity contribution in [3.63, 3.8) is 0 Å². The summed E-state index contributed by atoms with van der Waals surface area (Å²) < 4.78 is 0. The van der Waals surface area contributed by atoms with Gasteiger partial charge in [0, 0.05) is 38.4 Å². The highest BCUT2D eigenvalue weighted by Gasteiger charge is 2.28. The van der Waals surface area contributed by atoms with Gasteiger partial charge < -0.3 is 16.6 Å². The van der Waals surface area contributed by atoms with E-state index in [0.717, 1.165) is 26.8 Å². The number of carboxylic acid groups (broad SMARTS) is 1. The average Bonchev–Trinajstić information content (AvgIpc) is 2.64. The van der Waals surface area contributed by atoms with Gasteiger partial charge in [-0.1, -0.05) is 42.5 Å². The molecule has 0 spiro atoms. The fourth-order valence-corrected chi connectivity index (χ4v) is 4.42. The molecule has 1 atom stereocenters. The average molecular weight is 364 g/mol. The Balaban J connectivity index is 2.00. The summed E-state index contributed by atoms with van der Waals surface area (Å²) in [6.45, 7) is 0. The molecule has 130 valence electrons. The molecule has 0 radical (unpaired) electrons. The lowest BCUT2D eigenvalue weighted by Gasteiger charge is -2.24. The Morgan fingerprint density at radius 2 is 1.77 bits per heavy atom. The van der Waals surface area contributed by atoms with Crippen LogP contribution in [0.5, 0.6) is 0 Å². The van der Waals surface area contributed by atoms with Crippen LogP contribution in [0.1, 0.15) is 15.9 Å². The maximum Gasteiger partial charge on any atom is 0.321 e. The molecule has 0 fully saturated rings. The van der Waals surface area contributed by atoms with E-state index in [9.17, 15) is 9.59 Å². The minimum atomic E-state index is -1.05. The molecule has 0 saturated heterocycles. The topological polar surface area (TPSA) is 106 Å². The van der Waals surface area contributed by atoms with E-state index in [1.165, 1.54) is 11.8 Å². The minimum absolute atomic E-state index is 0.0124. The molecule has 5 N–H and O–H groups in total. The van der Waals surface area contributed by atoms with E-state index in [-0.39, 0.29) is 11.5 Å². The summed E-state index contributed by atoms with van der Waals surface area (Å²) in [6.07, 6.45) is 0. The molecular formula is C20H16N2O3S. The van der Waals surface area contributed by atoms with E-state index >= 15 is 0 Å². The van der Waals surface area contributed by atoms with Crippen LogP contribution in [0.3, 0.4) is 0 Å². The minimum Gasteiger partial charge on any atom is -0.480 e. The number of nitrogen functional groups attached to an aromatic ring is 1. The number of hydrogen-bond donors (Lipinski definition) is 3. The molecule has 0 saturated carbocycles. The summed E-state index contributed by atoms with van der Waals surface area (Å²) in [4.78, 5) is 24.7. The van der Waals surface area contributed by atoms with Crippen molar-refractivity contribution in [3.8, 4) is 11.1 Å². The highest BCUT2D eigenvalue weighted by molar-refractivity contribution is 7.99. The fraction of sp³-hybridized carbons (Fsp3) is 0.100. The van der Waals surface area contributed by atoms with E-state index in [1.54, 1.807) is 6.07 Å². The second kappa shape index (κ2) is 6.16. The summed E-state index contributed by atoms with van der Waals surface area (Å²) >= 11 is 1.31. The van der Waals surface area contributed by atoms with Gasteiger partial charge in [0.05, 0.1) is 0 Å². The third kappa shape index (κ3) is 2.46. The Morgan fingerprint density at radius 1 is 1.08 bits per heavy atom. The largest absolute Gasteiger partial charge is 0.480 e. The van der Waals surface area contributed by atoms with Crippen molar-refractivity contribution in [2.75, 3.05) is 11.5 Å². The van der Waals surface area contributed by atoms with Crippen molar-refractivity contribution in [2.24, 2.45) is 5.73 Å². The van der Waals surface area contributed by atoms with Gasteiger partial charge in [0.1, 0.15) is 6.04 Å². The monoisotopic (exact) mass is 364 g/mol. The number of carbonyl (C=O) groups is 2. The van der Waals surface area contributed by atoms with Crippen LogP contribution in [0.4, 0.5) is 5.69 Å². The molecule has 3 aromatic carbocycles. The van der Waals surface area contributed by atoms with Crippen LogP contribution in [-0.2, 0) is 4.79 Å². The van der Waals surface area contributed by atoms with Gasteiger partial charge >= 0.3 is 5.97 Å². The molecule has 1 aliphatic carbocycles. The lowest BCUT2D eigenvalue weighted by molar-refractivity contribution is -0.137. The molecule has 6 heteroatoms. The van der Waals surface area contributed by atoms with Crippen molar-refractivity contribution in [3.05, 3.63) is 59.7 Å². The highest BCUT2D eigenvalue weighted by Crippen LogP contribution is 2.47. The van der Waals surface area contributed by atoms with Crippen molar-refractivity contribution in [1.82, 2.24) is 0 Å². The molecule has 5 nitrogen and oxygen atoms in total. The molecule has 1 aliphatic rings. The normalized spacial score (nSPS) is 13.5. The summed E-state index contributed by atoms with van der Waals surface area (Å²) in [5, 5.41) is 10.8. The zero-order valence-corrected chi connectivity index (χ0v) is 14.5. The number of aliphatic carboxylic acids is 1. The summed E-state index contributed by atoms with van der Waals surface area (Å²) in [5.74, 6) is -0.875. The predicted molar refractivity (Wildman–Crippen MR) is 104 cm³/mol. The van der Waals surface area contributed by atoms with E-state index in [2.05, 4.69) is 0 Å². The van der Waals surface area contributed by atoms with Crippen molar-refractivity contribution < 1.29 is 14.7 Å². The van der Waals surface area contributed by atoms with Gasteiger partial charge in [-0.2, -0.15) is 0 Å². The van der Waals surface area contributed by atoms with Gasteiger partial charge in [-0.25, -0.2) is 0 Å². The Bertz CT molecular complexity index is 1080. The van der Waals surface area contributed by atoms with Gasteiger partial charge in [0.25, 0.3) is 0 Å². The van der Waals surface area contributed by atoms with E-state index in [4.69, 9.17) is 16.6 Å². The summed E-state index contributed by atoms with van der Waals surface area (Å²) in [5.41, 5.74) is 15.5. The number of ketones is 1. The van der Waals surface area contributed by atoms with Crippen molar-refractivity contribution in [2.45, 2.75) is 10.9 Å². The van der Waals surface area contributed by atoms with Crippen LogP contribution in [0.15, 0.2) is 53.4 Å². The molecule has 26 heavy (non-hydrogen) atoms. The Morgan fingerprint density at radius 3 is 2.50 bits per heavy atom. The smallest absolute Gasteiger partial charge is 0.321 e. The second-order valence-corrected chi connectivity index (χ2v) is 7.23. The Hall–Kier alpha value is -2.83. The first-order valence-electron chi connectivity index (χ1n) is 8.09. The number of rotatable bonds is 4. The highest BCUT2D eigenvalue weighted by atomic mass is 32.2. The third-order valence-corrected chi connectivity index (χ3v) is 5.81. The lowest BCUT2D eigenvalue weighted by atomic mass is 9.82. The first-order valence-corrected chi connectivity index (χ1v) is 9.08. The number of thioether (sulfide) groups is 1. The second-order valence-electron chi connectivity index (χ2n) is 6.20. The van der Waals surface area contributed by atoms with Gasteiger partial charge in [-0.15, -0.1) is 11.8 Å². The Labute approximate surface area is 154 Å². The zero-order chi connectivity index (χ0) is 18.4. The molecule has 0 amide bonds. The van der Waals surface area contributed by atoms with Crippen LogP contribution in [-0.4, -0.2) is 28.7 Å². The molecule has 0 unspecified atom stereocenters. The van der Waals surface area contributed by atoms with E-state index < -0.39 is 12.0 Å². The van der Waals surface area contributed by atoms with Crippen LogP contribution < -0.4 is 11.5 Å². The number of benzene rings is 3. The first-order chi connectivity index (χ1) is 12.5. The molecule has 4 rings (SSSR count). The number of carbonyl (C=O) groups excluding carboxylic acids is 1. The summed E-state index contributed by atoms with van der Waals surface area (Å²) in [7, 11) is 0. The first kappa shape index (κ1) is 16.6. The SMILES string of the molecule is Nc1cc2cccc3c2c(c1SC[C@H](N)C(=O)O)-c1ccccc1C3=O. The number of nitrogens with two attached hydrogens (primary N) is 2. The maximum atomic E-state index is 12.9. The van der Waals surface area contributed by atoms with Crippen LogP contribution in [0, 0.1) is 0 Å². The molecule has 0 aliphatic heterocycles. The summed E-state index contributed by atoms with van der Waals surface area (Å²) in [6, 6.07) is 13.9. The molecule has 0 bridgehead atoms. The predicted octanol–water partition coefficient (Wildman–Crippen LogP) is 3.14. The quantitative estimate of drug-likeness (QED) is 0.379. The van der Waals surface area contributed by atoms with Crippen molar-refractivity contribution in [1.29, 1.82) is 0 Å². The fourth-order valence-electron chi connectivity index (χ4n) is 3.35. The molecule has 3 aromatic rings. The van der Waals surface area contributed by atoms with Crippen LogP contribution in [0.25, 0.3) is 21.9 Å². The molecular weight excluding hydrogens is 348 g/mol. The van der Waals surface area contributed by atoms with Crippen LogP contribution >= 0.6 is 11.8 Å². The standard InChI is InChI=1S/C20H16N2O3S/c21-14-8-10-4-3-7-13-16(10)17(19(14)26-9-15(22)20(24)25)11-5-1-2-6-12(11)18(13)23/h1-8,15H,9,21-22H2,(H,24,25)/t15-/m0/s1. The van der Waals surface area contributed by atoms with Gasteiger partial charge in [-0.3, -0.25) is 9.59 Å². The lowest BCUT2D eigenvalue weighted by Crippen LogP contribution is -2.32. The van der Waals surface area contributed by atoms with E-state index in [1.807, 2.05) is 42.5 Å². The molecule has 0 aromatic heterocycles. The van der Waals surface area contributed by atoms with E-state index in [0.29, 0.717) is 16.8 Å². The van der Waals surface area contributed by atoms with Crippen molar-refractivity contribution >= 4 is 40.0 Å². The van der Waals surface area contributed by atoms with Gasteiger partial charge in [-0.05, 0) is 17.0 Å².